The van der Waals surface area contributed by atoms with E-state index >= 15 is 0 Å². The van der Waals surface area contributed by atoms with Crippen molar-refractivity contribution in [2.24, 2.45) is 0 Å². The predicted octanol–water partition coefficient (Wildman–Crippen LogP) is 0.844. The fourth-order valence-corrected chi connectivity index (χ4v) is 1.24. The molecule has 1 saturated heterocycles. The number of carbonyl (C=O) groups excluding carboxylic acids is 1. The highest BCUT2D eigenvalue weighted by atomic mass is 16.6. The van der Waals surface area contributed by atoms with Gasteiger partial charge in [-0.1, -0.05) is 0 Å². The summed E-state index contributed by atoms with van der Waals surface area (Å²) in [6.45, 7) is 1.36. The van der Waals surface area contributed by atoms with E-state index in [1.807, 2.05) is 12.1 Å². The van der Waals surface area contributed by atoms with Crippen LogP contribution in [0.25, 0.3) is 0 Å². The third-order valence-electron chi connectivity index (χ3n) is 2.32. The molecule has 1 aliphatic rings. The molecule has 6 heteroatoms. The van der Waals surface area contributed by atoms with Gasteiger partial charge in [0, 0.05) is 13.1 Å². The second kappa shape index (κ2) is 8.20. The lowest BCUT2D eigenvalue weighted by Crippen LogP contribution is -2.05. The molecule has 1 aromatic carbocycles. The topological polar surface area (TPSA) is 69.3 Å². The Balaban J connectivity index is 0.000000399. The molecule has 0 aromatic heterocycles. The van der Waals surface area contributed by atoms with Crippen molar-refractivity contribution in [3.05, 3.63) is 18.2 Å². The highest BCUT2D eigenvalue weighted by molar-refractivity contribution is 5.45. The molecule has 2 rings (SSSR count). The Labute approximate surface area is 112 Å². The van der Waals surface area contributed by atoms with Gasteiger partial charge in [-0.15, -0.1) is 0 Å². The van der Waals surface area contributed by atoms with Crippen LogP contribution in [0.2, 0.25) is 0 Å². The monoisotopic (exact) mass is 269 g/mol. The maximum atomic E-state index is 9.06. The number of carbonyl (C=O) groups is 1. The first kappa shape index (κ1) is 15.1. The summed E-state index contributed by atoms with van der Waals surface area (Å²) in [7, 11) is 4.79. The summed E-state index contributed by atoms with van der Waals surface area (Å²) in [6, 6.07) is 5.47. The maximum absolute atomic E-state index is 9.06. The van der Waals surface area contributed by atoms with Crippen molar-refractivity contribution in [3.63, 3.8) is 0 Å². The lowest BCUT2D eigenvalue weighted by molar-refractivity contribution is -0.109. The fraction of sp³-hybridized carbons (Fsp3) is 0.462. The molecule has 0 bridgehead atoms. The standard InChI is InChI=1S/C11H14O4.C2H5NO/c1-12-8-3-4-10(11(5-8)13-2)15-7-9-6-14-9;1-3-2-4/h3-5,9H,6-7H2,1-2H3;2H,1H3,(H,3,4). The number of nitrogens with one attached hydrogen (secondary N) is 1. The van der Waals surface area contributed by atoms with Gasteiger partial charge in [0.15, 0.2) is 11.5 Å². The molecule has 1 amide bonds. The van der Waals surface area contributed by atoms with Gasteiger partial charge in [0.2, 0.25) is 6.41 Å². The third-order valence-corrected chi connectivity index (χ3v) is 2.32. The molecule has 106 valence electrons. The largest absolute Gasteiger partial charge is 0.497 e. The van der Waals surface area contributed by atoms with Crippen LogP contribution in [0.3, 0.4) is 0 Å². The Bertz CT molecular complexity index is 393. The van der Waals surface area contributed by atoms with Crippen molar-refractivity contribution in [1.82, 2.24) is 5.32 Å². The minimum absolute atomic E-state index is 0.247. The van der Waals surface area contributed by atoms with Crippen LogP contribution < -0.4 is 19.5 Å². The molecule has 0 radical (unpaired) electrons. The first-order chi connectivity index (χ1) is 9.24. The van der Waals surface area contributed by atoms with Crippen LogP contribution >= 0.6 is 0 Å². The van der Waals surface area contributed by atoms with E-state index in [9.17, 15) is 0 Å². The Morgan fingerprint density at radius 1 is 1.37 bits per heavy atom. The van der Waals surface area contributed by atoms with Crippen LogP contribution in [0.5, 0.6) is 17.2 Å². The number of hydrogen-bond acceptors (Lipinski definition) is 5. The number of rotatable bonds is 6. The fourth-order valence-electron chi connectivity index (χ4n) is 1.24. The van der Waals surface area contributed by atoms with Crippen molar-refractivity contribution in [3.8, 4) is 17.2 Å². The SMILES string of the molecule is CNC=O.COc1ccc(OCC2CO2)c(OC)c1. The van der Waals surface area contributed by atoms with E-state index in [0.29, 0.717) is 24.5 Å². The molecule has 1 aromatic rings. The molecule has 1 heterocycles. The number of amides is 1. The highest BCUT2D eigenvalue weighted by Gasteiger charge is 2.23. The summed E-state index contributed by atoms with van der Waals surface area (Å²) >= 11 is 0. The number of hydrogen-bond donors (Lipinski definition) is 1. The van der Waals surface area contributed by atoms with Gasteiger partial charge in [-0.2, -0.15) is 0 Å². The Morgan fingerprint density at radius 3 is 2.53 bits per heavy atom. The number of ether oxygens (including phenoxy) is 4. The first-order valence-electron chi connectivity index (χ1n) is 5.82. The average molecular weight is 269 g/mol. The van der Waals surface area contributed by atoms with Crippen LogP contribution in [-0.4, -0.2) is 47.0 Å². The van der Waals surface area contributed by atoms with Gasteiger partial charge in [0.1, 0.15) is 18.5 Å². The summed E-state index contributed by atoms with van der Waals surface area (Å²) in [5.41, 5.74) is 0. The second-order valence-corrected chi connectivity index (χ2v) is 3.69. The summed E-state index contributed by atoms with van der Waals surface area (Å²) in [5.74, 6) is 2.14. The Kier molecular flexibility index (Phi) is 6.52. The van der Waals surface area contributed by atoms with E-state index < -0.39 is 0 Å². The summed E-state index contributed by atoms with van der Waals surface area (Å²) in [6.07, 6.45) is 0.872. The Hall–Kier alpha value is -1.95. The smallest absolute Gasteiger partial charge is 0.206 e. The summed E-state index contributed by atoms with van der Waals surface area (Å²) in [5, 5.41) is 2.25. The van der Waals surface area contributed by atoms with Gasteiger partial charge in [-0.05, 0) is 12.1 Å². The van der Waals surface area contributed by atoms with Gasteiger partial charge >= 0.3 is 0 Å². The number of benzene rings is 1. The zero-order valence-corrected chi connectivity index (χ0v) is 11.3. The van der Waals surface area contributed by atoms with Gasteiger partial charge < -0.3 is 24.3 Å². The summed E-state index contributed by atoms with van der Waals surface area (Å²) < 4.78 is 20.9. The van der Waals surface area contributed by atoms with Crippen molar-refractivity contribution in [1.29, 1.82) is 0 Å². The average Bonchev–Trinajstić information content (AvgIpc) is 3.29. The zero-order valence-electron chi connectivity index (χ0n) is 11.3. The van der Waals surface area contributed by atoms with Crippen LogP contribution in [0.15, 0.2) is 18.2 Å². The number of epoxide rings is 1. The van der Waals surface area contributed by atoms with E-state index in [1.165, 1.54) is 0 Å². The number of methoxy groups -OCH3 is 2. The van der Waals surface area contributed by atoms with E-state index in [0.717, 1.165) is 12.4 Å². The van der Waals surface area contributed by atoms with Gasteiger partial charge in [-0.25, -0.2) is 0 Å². The first-order valence-corrected chi connectivity index (χ1v) is 5.82. The van der Waals surface area contributed by atoms with E-state index in [2.05, 4.69) is 5.32 Å². The summed E-state index contributed by atoms with van der Waals surface area (Å²) in [4.78, 5) is 9.06. The van der Waals surface area contributed by atoms with Crippen LogP contribution in [0.4, 0.5) is 0 Å². The van der Waals surface area contributed by atoms with Crippen molar-refractivity contribution < 1.29 is 23.7 Å². The molecular formula is C13H19NO5. The van der Waals surface area contributed by atoms with Gasteiger partial charge in [0.05, 0.1) is 20.8 Å². The molecule has 0 spiro atoms. The highest BCUT2D eigenvalue weighted by Crippen LogP contribution is 2.31. The minimum atomic E-state index is 0.247. The molecule has 0 aliphatic carbocycles. The quantitative estimate of drug-likeness (QED) is 0.612. The minimum Gasteiger partial charge on any atom is -0.497 e. The molecule has 19 heavy (non-hydrogen) atoms. The van der Waals surface area contributed by atoms with Gasteiger partial charge in [-0.3, -0.25) is 4.79 Å². The van der Waals surface area contributed by atoms with Crippen molar-refractivity contribution >= 4 is 6.41 Å². The molecule has 1 unspecified atom stereocenters. The third kappa shape index (κ3) is 5.48. The lowest BCUT2D eigenvalue weighted by Gasteiger charge is -2.10. The Morgan fingerprint density at radius 2 is 2.05 bits per heavy atom. The van der Waals surface area contributed by atoms with E-state index in [1.54, 1.807) is 27.3 Å². The van der Waals surface area contributed by atoms with Crippen LogP contribution in [0.1, 0.15) is 0 Å². The molecule has 6 nitrogen and oxygen atoms in total. The molecule has 0 saturated carbocycles. The predicted molar refractivity (Wildman–Crippen MR) is 69.9 cm³/mol. The molecule has 1 aliphatic heterocycles. The van der Waals surface area contributed by atoms with Crippen LogP contribution in [-0.2, 0) is 9.53 Å². The maximum Gasteiger partial charge on any atom is 0.206 e. The zero-order chi connectivity index (χ0) is 14.1. The second-order valence-electron chi connectivity index (χ2n) is 3.69. The lowest BCUT2D eigenvalue weighted by atomic mass is 10.3. The molecule has 1 N–H and O–H groups in total. The van der Waals surface area contributed by atoms with Crippen LogP contribution in [0, 0.1) is 0 Å². The van der Waals surface area contributed by atoms with E-state index in [4.69, 9.17) is 23.7 Å². The van der Waals surface area contributed by atoms with E-state index in [-0.39, 0.29) is 6.10 Å². The van der Waals surface area contributed by atoms with Gasteiger partial charge in [0.25, 0.3) is 0 Å². The molecule has 1 atom stereocenters. The molecular weight excluding hydrogens is 250 g/mol. The van der Waals surface area contributed by atoms with Crippen molar-refractivity contribution in [2.45, 2.75) is 6.10 Å². The normalized spacial score (nSPS) is 15.6. The van der Waals surface area contributed by atoms with Crippen molar-refractivity contribution in [2.75, 3.05) is 34.5 Å². The molecule has 1 fully saturated rings.